The van der Waals surface area contributed by atoms with E-state index in [9.17, 15) is 9.59 Å². The van der Waals surface area contributed by atoms with Gasteiger partial charge in [-0.25, -0.2) is 0 Å². The quantitative estimate of drug-likeness (QED) is 0.473. The van der Waals surface area contributed by atoms with Crippen LogP contribution in [0.4, 0.5) is 0 Å². The molecule has 164 valence electrons. The third-order valence-corrected chi connectivity index (χ3v) is 6.22. The highest BCUT2D eigenvalue weighted by molar-refractivity contribution is 7.11. The van der Waals surface area contributed by atoms with E-state index in [1.807, 2.05) is 85.8 Å². The van der Waals surface area contributed by atoms with E-state index in [0.717, 1.165) is 27.3 Å². The Morgan fingerprint density at radius 1 is 0.938 bits per heavy atom. The van der Waals surface area contributed by atoms with E-state index in [4.69, 9.17) is 4.74 Å². The second-order valence-corrected chi connectivity index (χ2v) is 8.92. The molecule has 0 saturated carbocycles. The normalized spacial score (nSPS) is 13.8. The molecule has 5 nitrogen and oxygen atoms in total. The van der Waals surface area contributed by atoms with Gasteiger partial charge in [-0.3, -0.25) is 14.5 Å². The number of amides is 2. The lowest BCUT2D eigenvalue weighted by atomic mass is 10.1. The fourth-order valence-corrected chi connectivity index (χ4v) is 4.73. The molecule has 3 aromatic rings. The summed E-state index contributed by atoms with van der Waals surface area (Å²) in [4.78, 5) is 30.6. The van der Waals surface area contributed by atoms with Crippen LogP contribution in [0.1, 0.15) is 21.6 Å². The Balaban J connectivity index is 1.54. The van der Waals surface area contributed by atoms with Crippen molar-refractivity contribution < 1.29 is 14.3 Å². The first kappa shape index (κ1) is 21.8. The van der Waals surface area contributed by atoms with Gasteiger partial charge in [-0.2, -0.15) is 0 Å². The number of carbonyl (C=O) groups is 2. The first-order valence-electron chi connectivity index (χ1n) is 10.5. The predicted octanol–water partition coefficient (Wildman–Crippen LogP) is 4.66. The van der Waals surface area contributed by atoms with Crippen LogP contribution in [0.15, 0.2) is 71.7 Å². The molecule has 0 bridgehead atoms. The summed E-state index contributed by atoms with van der Waals surface area (Å²) in [6, 6.07) is 19.7. The summed E-state index contributed by atoms with van der Waals surface area (Å²) in [5.41, 5.74) is 4.20. The molecular weight excluding hydrogens is 420 g/mol. The number of carbonyl (C=O) groups excluding carboxylic acids is 2. The summed E-state index contributed by atoms with van der Waals surface area (Å²) in [6.07, 6.45) is 0. The summed E-state index contributed by atoms with van der Waals surface area (Å²) in [5, 5.41) is 1.92. The van der Waals surface area contributed by atoms with Crippen molar-refractivity contribution in [1.29, 1.82) is 0 Å². The molecule has 0 N–H and O–H groups in total. The summed E-state index contributed by atoms with van der Waals surface area (Å²) in [5.74, 6) is 0.201. The van der Waals surface area contributed by atoms with Gasteiger partial charge in [0.25, 0.3) is 11.8 Å². The monoisotopic (exact) mass is 446 g/mol. The van der Waals surface area contributed by atoms with Crippen LogP contribution in [0, 0.1) is 13.8 Å². The van der Waals surface area contributed by atoms with E-state index in [2.05, 4.69) is 6.07 Å². The van der Waals surface area contributed by atoms with Crippen LogP contribution in [0.3, 0.4) is 0 Å². The van der Waals surface area contributed by atoms with Gasteiger partial charge in [-0.15, -0.1) is 11.3 Å². The smallest absolute Gasteiger partial charge is 0.278 e. The Morgan fingerprint density at radius 3 is 2.31 bits per heavy atom. The molecule has 1 aromatic heterocycles. The van der Waals surface area contributed by atoms with Crippen molar-refractivity contribution in [2.45, 2.75) is 20.4 Å². The largest absolute Gasteiger partial charge is 0.492 e. The lowest BCUT2D eigenvalue weighted by Crippen LogP contribution is -2.37. The van der Waals surface area contributed by atoms with Crippen molar-refractivity contribution in [1.82, 2.24) is 9.80 Å². The van der Waals surface area contributed by atoms with E-state index >= 15 is 0 Å². The summed E-state index contributed by atoms with van der Waals surface area (Å²) >= 11 is 1.46. The van der Waals surface area contributed by atoms with Crippen LogP contribution < -0.4 is 4.74 Å². The van der Waals surface area contributed by atoms with Crippen LogP contribution in [0.2, 0.25) is 0 Å². The highest BCUT2D eigenvalue weighted by Gasteiger charge is 2.41. The minimum Gasteiger partial charge on any atom is -0.492 e. The van der Waals surface area contributed by atoms with Crippen molar-refractivity contribution in [2.24, 2.45) is 0 Å². The molecule has 2 aromatic carbocycles. The molecule has 6 heteroatoms. The maximum Gasteiger partial charge on any atom is 0.278 e. The molecule has 0 radical (unpaired) electrons. The predicted molar refractivity (Wildman–Crippen MR) is 127 cm³/mol. The number of benzene rings is 2. The van der Waals surface area contributed by atoms with Crippen molar-refractivity contribution in [3.8, 4) is 5.75 Å². The van der Waals surface area contributed by atoms with Gasteiger partial charge in [-0.05, 0) is 54.1 Å². The molecule has 2 heterocycles. The molecule has 0 fully saturated rings. The number of hydrogen-bond donors (Lipinski definition) is 0. The standard InChI is InChI=1S/C26H26N2O3S/c1-18-14-19(2)16-21(15-18)31-12-11-28-25(29)23(22-10-7-13-32-22)24(26(28)30)27(3)17-20-8-5-4-6-9-20/h4-10,13-16H,11-12,17H2,1-3H3. The molecule has 0 spiro atoms. The zero-order valence-electron chi connectivity index (χ0n) is 18.5. The summed E-state index contributed by atoms with van der Waals surface area (Å²) < 4.78 is 5.87. The SMILES string of the molecule is Cc1cc(C)cc(OCCN2C(=O)C(c3cccs3)=C(N(C)Cc3ccccc3)C2=O)c1. The van der Waals surface area contributed by atoms with E-state index in [1.54, 1.807) is 0 Å². The number of hydrogen-bond acceptors (Lipinski definition) is 5. The number of imide groups is 1. The number of rotatable bonds is 8. The highest BCUT2D eigenvalue weighted by Crippen LogP contribution is 2.34. The third kappa shape index (κ3) is 4.60. The van der Waals surface area contributed by atoms with Crippen LogP contribution >= 0.6 is 11.3 Å². The minimum atomic E-state index is -0.277. The molecule has 32 heavy (non-hydrogen) atoms. The maximum absolute atomic E-state index is 13.4. The zero-order valence-corrected chi connectivity index (χ0v) is 19.3. The molecule has 0 aliphatic carbocycles. The summed E-state index contributed by atoms with van der Waals surface area (Å²) in [7, 11) is 1.86. The van der Waals surface area contributed by atoms with Gasteiger partial charge < -0.3 is 9.64 Å². The number of likely N-dealkylation sites (N-methyl/N-ethyl adjacent to an activating group) is 1. The summed E-state index contributed by atoms with van der Waals surface area (Å²) in [6.45, 7) is 5.01. The molecule has 1 aliphatic heterocycles. The van der Waals surface area contributed by atoms with Crippen molar-refractivity contribution >= 4 is 28.7 Å². The van der Waals surface area contributed by atoms with Gasteiger partial charge in [0.15, 0.2) is 0 Å². The van der Waals surface area contributed by atoms with Crippen molar-refractivity contribution in [3.05, 3.63) is 93.3 Å². The van der Waals surface area contributed by atoms with Gasteiger partial charge in [-0.1, -0.05) is 42.5 Å². The first-order chi connectivity index (χ1) is 15.4. The molecular formula is C26H26N2O3S. The van der Waals surface area contributed by atoms with Gasteiger partial charge in [0.1, 0.15) is 18.1 Å². The molecule has 2 amide bonds. The lowest BCUT2D eigenvalue weighted by molar-refractivity contribution is -0.137. The fraction of sp³-hybridized carbons (Fsp3) is 0.231. The Morgan fingerprint density at radius 2 is 1.66 bits per heavy atom. The van der Waals surface area contributed by atoms with Gasteiger partial charge in [0.05, 0.1) is 12.1 Å². The topological polar surface area (TPSA) is 49.9 Å². The van der Waals surface area contributed by atoms with Crippen LogP contribution in [-0.4, -0.2) is 41.8 Å². The zero-order chi connectivity index (χ0) is 22.7. The number of thiophene rings is 1. The lowest BCUT2D eigenvalue weighted by Gasteiger charge is -2.21. The highest BCUT2D eigenvalue weighted by atomic mass is 32.1. The Kier molecular flexibility index (Phi) is 6.42. The molecule has 0 saturated heterocycles. The first-order valence-corrected chi connectivity index (χ1v) is 11.4. The van der Waals surface area contributed by atoms with Gasteiger partial charge >= 0.3 is 0 Å². The average Bonchev–Trinajstić information content (AvgIpc) is 3.36. The molecule has 0 unspecified atom stereocenters. The van der Waals surface area contributed by atoms with Crippen molar-refractivity contribution in [3.63, 3.8) is 0 Å². The fourth-order valence-electron chi connectivity index (χ4n) is 3.97. The second-order valence-electron chi connectivity index (χ2n) is 7.98. The van der Waals surface area contributed by atoms with Gasteiger partial charge in [0, 0.05) is 18.5 Å². The average molecular weight is 447 g/mol. The Bertz CT molecular complexity index is 1130. The number of ether oxygens (including phenoxy) is 1. The Hall–Kier alpha value is -3.38. The molecule has 1 aliphatic rings. The number of aryl methyl sites for hydroxylation is 2. The number of nitrogens with zero attached hydrogens (tertiary/aromatic N) is 2. The van der Waals surface area contributed by atoms with E-state index in [0.29, 0.717) is 17.8 Å². The van der Waals surface area contributed by atoms with E-state index in [1.165, 1.54) is 16.2 Å². The molecule has 0 atom stereocenters. The van der Waals surface area contributed by atoms with Gasteiger partial charge in [0.2, 0.25) is 0 Å². The van der Waals surface area contributed by atoms with Crippen LogP contribution in [0.5, 0.6) is 5.75 Å². The third-order valence-electron chi connectivity index (χ3n) is 5.33. The molecule has 4 rings (SSSR count). The second kappa shape index (κ2) is 9.40. The Labute approximate surface area is 192 Å². The van der Waals surface area contributed by atoms with E-state index in [-0.39, 0.29) is 25.0 Å². The van der Waals surface area contributed by atoms with Crippen LogP contribution in [0.25, 0.3) is 5.57 Å². The van der Waals surface area contributed by atoms with Crippen LogP contribution in [-0.2, 0) is 16.1 Å². The van der Waals surface area contributed by atoms with Crippen molar-refractivity contribution in [2.75, 3.05) is 20.2 Å². The maximum atomic E-state index is 13.4. The van der Waals surface area contributed by atoms with E-state index < -0.39 is 0 Å². The minimum absolute atomic E-state index is 0.197.